The average molecular weight is 351 g/mol. The van der Waals surface area contributed by atoms with Crippen molar-refractivity contribution in [2.45, 2.75) is 6.04 Å². The fourth-order valence-corrected chi connectivity index (χ4v) is 2.92. The lowest BCUT2D eigenvalue weighted by Gasteiger charge is -2.25. The molecule has 2 amide bonds. The Bertz CT molecular complexity index is 893. The first-order chi connectivity index (χ1) is 12.5. The predicted molar refractivity (Wildman–Crippen MR) is 104 cm³/mol. The van der Waals surface area contributed by atoms with Gasteiger partial charge in [0.1, 0.15) is 5.82 Å². The summed E-state index contributed by atoms with van der Waals surface area (Å²) in [6.45, 7) is 0.415. The van der Waals surface area contributed by atoms with Crippen molar-refractivity contribution >= 4 is 22.5 Å². The second kappa shape index (κ2) is 7.97. The summed E-state index contributed by atoms with van der Waals surface area (Å²) in [4.78, 5) is 14.2. The second-order valence-corrected chi connectivity index (χ2v) is 6.43. The summed E-state index contributed by atoms with van der Waals surface area (Å²) in [5.74, 6) is -0.270. The van der Waals surface area contributed by atoms with E-state index >= 15 is 0 Å². The van der Waals surface area contributed by atoms with E-state index in [0.29, 0.717) is 6.54 Å². The van der Waals surface area contributed by atoms with Crippen LogP contribution in [-0.2, 0) is 0 Å². The zero-order valence-corrected chi connectivity index (χ0v) is 14.9. The van der Waals surface area contributed by atoms with Gasteiger partial charge in [0.15, 0.2) is 0 Å². The number of fused-ring (bicyclic) bond motifs is 1. The molecule has 0 fully saturated rings. The number of carbonyl (C=O) groups is 1. The maximum atomic E-state index is 13.1. The van der Waals surface area contributed by atoms with Gasteiger partial charge in [0, 0.05) is 12.2 Å². The normalized spacial score (nSPS) is 12.2. The van der Waals surface area contributed by atoms with Gasteiger partial charge < -0.3 is 15.5 Å². The molecule has 0 heterocycles. The number of carbonyl (C=O) groups excluding carboxylic acids is 1. The summed E-state index contributed by atoms with van der Waals surface area (Å²) in [7, 11) is 3.86. The van der Waals surface area contributed by atoms with Crippen molar-refractivity contribution in [2.24, 2.45) is 0 Å². The van der Waals surface area contributed by atoms with Crippen molar-refractivity contribution in [3.63, 3.8) is 0 Å². The average Bonchev–Trinajstić information content (AvgIpc) is 2.63. The fraction of sp³-hybridized carbons (Fsp3) is 0.190. The number of nitrogens with zero attached hydrogens (tertiary/aromatic N) is 1. The van der Waals surface area contributed by atoms with Crippen LogP contribution in [0.2, 0.25) is 0 Å². The van der Waals surface area contributed by atoms with Gasteiger partial charge in [0.05, 0.1) is 6.04 Å². The fourth-order valence-electron chi connectivity index (χ4n) is 2.92. The third-order valence-electron chi connectivity index (χ3n) is 4.34. The molecule has 5 heteroatoms. The maximum absolute atomic E-state index is 13.1. The minimum atomic E-state index is -0.270. The Balaban J connectivity index is 1.63. The Hall–Kier alpha value is -2.92. The summed E-state index contributed by atoms with van der Waals surface area (Å²) in [5.41, 5.74) is 1.69. The van der Waals surface area contributed by atoms with Gasteiger partial charge in [-0.3, -0.25) is 0 Å². The van der Waals surface area contributed by atoms with E-state index in [1.54, 1.807) is 12.1 Å². The number of urea groups is 1. The minimum Gasteiger partial charge on any atom is -0.336 e. The second-order valence-electron chi connectivity index (χ2n) is 6.43. The van der Waals surface area contributed by atoms with Gasteiger partial charge in [0.25, 0.3) is 0 Å². The van der Waals surface area contributed by atoms with Crippen LogP contribution in [0.1, 0.15) is 11.6 Å². The lowest BCUT2D eigenvalue weighted by molar-refractivity contribution is 0.243. The highest BCUT2D eigenvalue weighted by molar-refractivity contribution is 5.93. The van der Waals surface area contributed by atoms with Crippen molar-refractivity contribution in [3.8, 4) is 0 Å². The smallest absolute Gasteiger partial charge is 0.319 e. The molecular formula is C21H22FN3O. The van der Waals surface area contributed by atoms with Crippen LogP contribution in [0.5, 0.6) is 0 Å². The first-order valence-electron chi connectivity index (χ1n) is 8.48. The lowest BCUT2D eigenvalue weighted by atomic mass is 10.1. The maximum Gasteiger partial charge on any atom is 0.319 e. The van der Waals surface area contributed by atoms with E-state index in [1.807, 2.05) is 61.5 Å². The molecule has 0 aromatic heterocycles. The summed E-state index contributed by atoms with van der Waals surface area (Å²) < 4.78 is 13.1. The molecule has 0 aliphatic heterocycles. The molecule has 3 aromatic carbocycles. The van der Waals surface area contributed by atoms with E-state index < -0.39 is 0 Å². The molecule has 0 saturated carbocycles. The van der Waals surface area contributed by atoms with E-state index in [4.69, 9.17) is 0 Å². The Morgan fingerprint density at radius 3 is 2.38 bits per heavy atom. The van der Waals surface area contributed by atoms with E-state index in [2.05, 4.69) is 10.6 Å². The minimum absolute atomic E-state index is 0.0436. The summed E-state index contributed by atoms with van der Waals surface area (Å²) in [5, 5.41) is 7.95. The predicted octanol–water partition coefficient (Wildman–Crippen LogP) is 4.40. The Morgan fingerprint density at radius 2 is 1.69 bits per heavy atom. The quantitative estimate of drug-likeness (QED) is 0.715. The molecule has 0 bridgehead atoms. The number of anilines is 1. The highest BCUT2D eigenvalue weighted by atomic mass is 19.1. The molecule has 1 unspecified atom stereocenters. The molecule has 1 atom stereocenters. The first-order valence-corrected chi connectivity index (χ1v) is 8.48. The van der Waals surface area contributed by atoms with Crippen LogP contribution in [0.25, 0.3) is 10.8 Å². The van der Waals surface area contributed by atoms with Crippen LogP contribution >= 0.6 is 0 Å². The molecule has 4 nitrogen and oxygen atoms in total. The van der Waals surface area contributed by atoms with Crippen molar-refractivity contribution < 1.29 is 9.18 Å². The van der Waals surface area contributed by atoms with Gasteiger partial charge in [-0.1, -0.05) is 42.5 Å². The standard InChI is InChI=1S/C21H22FN3O/c1-25(2)20(16-7-10-18(22)11-8-16)14-23-21(26)24-19-12-9-15-5-3-4-6-17(15)13-19/h3-13,20H,14H2,1-2H3,(H2,23,24,26). The summed E-state index contributed by atoms with van der Waals surface area (Å²) in [6.07, 6.45) is 0. The Morgan fingerprint density at radius 1 is 1.00 bits per heavy atom. The highest BCUT2D eigenvalue weighted by Gasteiger charge is 2.15. The van der Waals surface area contributed by atoms with E-state index in [0.717, 1.165) is 22.0 Å². The molecule has 0 radical (unpaired) electrons. The zero-order valence-electron chi connectivity index (χ0n) is 14.9. The molecular weight excluding hydrogens is 329 g/mol. The van der Waals surface area contributed by atoms with Crippen molar-refractivity contribution in [1.82, 2.24) is 10.2 Å². The van der Waals surface area contributed by atoms with E-state index in [9.17, 15) is 9.18 Å². The third-order valence-corrected chi connectivity index (χ3v) is 4.34. The van der Waals surface area contributed by atoms with Crippen LogP contribution in [0, 0.1) is 5.82 Å². The Labute approximate surface area is 152 Å². The third kappa shape index (κ3) is 4.37. The van der Waals surface area contributed by atoms with Gasteiger partial charge in [-0.25, -0.2) is 9.18 Å². The zero-order chi connectivity index (χ0) is 18.5. The van der Waals surface area contributed by atoms with Crippen LogP contribution in [0.4, 0.5) is 14.9 Å². The number of benzene rings is 3. The summed E-state index contributed by atoms with van der Waals surface area (Å²) >= 11 is 0. The highest BCUT2D eigenvalue weighted by Crippen LogP contribution is 2.20. The molecule has 3 aromatic rings. The number of hydrogen-bond acceptors (Lipinski definition) is 2. The lowest BCUT2D eigenvalue weighted by Crippen LogP contribution is -2.36. The van der Waals surface area contributed by atoms with Crippen LogP contribution in [0.15, 0.2) is 66.7 Å². The van der Waals surface area contributed by atoms with Gasteiger partial charge in [-0.15, -0.1) is 0 Å². The molecule has 26 heavy (non-hydrogen) atoms. The number of hydrogen-bond donors (Lipinski definition) is 2. The molecule has 134 valence electrons. The van der Waals surface area contributed by atoms with Crippen molar-refractivity contribution in [1.29, 1.82) is 0 Å². The monoisotopic (exact) mass is 351 g/mol. The number of rotatable bonds is 5. The molecule has 3 rings (SSSR count). The number of likely N-dealkylation sites (N-methyl/N-ethyl adjacent to an activating group) is 1. The molecule has 0 aliphatic carbocycles. The van der Waals surface area contributed by atoms with Gasteiger partial charge in [-0.05, 0) is 54.7 Å². The SMILES string of the molecule is CN(C)C(CNC(=O)Nc1ccc2ccccc2c1)c1ccc(F)cc1. The van der Waals surface area contributed by atoms with Gasteiger partial charge >= 0.3 is 6.03 Å². The molecule has 0 spiro atoms. The molecule has 0 aliphatic rings. The topological polar surface area (TPSA) is 44.4 Å². The van der Waals surface area contributed by atoms with Crippen molar-refractivity contribution in [2.75, 3.05) is 26.0 Å². The summed E-state index contributed by atoms with van der Waals surface area (Å²) in [6, 6.07) is 19.8. The number of halogens is 1. The van der Waals surface area contributed by atoms with E-state index in [-0.39, 0.29) is 17.9 Å². The number of nitrogens with one attached hydrogen (secondary N) is 2. The van der Waals surface area contributed by atoms with Crippen molar-refractivity contribution in [3.05, 3.63) is 78.1 Å². The van der Waals surface area contributed by atoms with E-state index in [1.165, 1.54) is 12.1 Å². The van der Waals surface area contributed by atoms with Crippen LogP contribution in [0.3, 0.4) is 0 Å². The van der Waals surface area contributed by atoms with Gasteiger partial charge in [-0.2, -0.15) is 0 Å². The molecule has 2 N–H and O–H groups in total. The number of amides is 2. The first kappa shape index (κ1) is 17.9. The molecule has 0 saturated heterocycles. The van der Waals surface area contributed by atoms with Crippen LogP contribution < -0.4 is 10.6 Å². The largest absolute Gasteiger partial charge is 0.336 e. The van der Waals surface area contributed by atoms with Gasteiger partial charge in [0.2, 0.25) is 0 Å². The Kier molecular flexibility index (Phi) is 5.49. The van der Waals surface area contributed by atoms with Crippen LogP contribution in [-0.4, -0.2) is 31.6 Å².